The van der Waals surface area contributed by atoms with Crippen molar-refractivity contribution in [1.82, 2.24) is 15.1 Å². The summed E-state index contributed by atoms with van der Waals surface area (Å²) in [6, 6.07) is 18.6. The maximum Gasteiger partial charge on any atom is 0.407 e. The molecule has 0 aliphatic carbocycles. The van der Waals surface area contributed by atoms with Crippen LogP contribution in [0.25, 0.3) is 0 Å². The Kier molecular flexibility index (Phi) is 15.0. The van der Waals surface area contributed by atoms with Gasteiger partial charge in [-0.2, -0.15) is 0 Å². The number of aliphatic hydroxyl groups excluding tert-OH is 5. The third kappa shape index (κ3) is 11.9. The summed E-state index contributed by atoms with van der Waals surface area (Å²) in [6.07, 6.45) is -8.57. The maximum atomic E-state index is 12.1. The summed E-state index contributed by atoms with van der Waals surface area (Å²) in [7, 11) is 0. The normalized spacial score (nSPS) is 28.6. The van der Waals surface area contributed by atoms with E-state index in [2.05, 4.69) is 15.1 Å². The third-order valence-electron chi connectivity index (χ3n) is 10.1. The number of nitrogens with zero attached hydrogens (tertiary/aromatic N) is 2. The number of nitrogens with one attached hydrogen (secondary N) is 1. The molecule has 2 aromatic rings. The van der Waals surface area contributed by atoms with Gasteiger partial charge in [-0.25, -0.2) is 4.79 Å². The molecule has 296 valence electrons. The highest BCUT2D eigenvalue weighted by Gasteiger charge is 2.42. The topological polar surface area (TPSA) is 183 Å². The average molecular weight is 746 g/mol. The van der Waals surface area contributed by atoms with Crippen molar-refractivity contribution in [2.75, 3.05) is 52.5 Å². The summed E-state index contributed by atoms with van der Waals surface area (Å²) < 4.78 is 28.9. The number of hydrogen-bond donors (Lipinski definition) is 6. The minimum absolute atomic E-state index is 0.00127. The third-order valence-corrected chi connectivity index (χ3v) is 10.1. The molecule has 14 nitrogen and oxygen atoms in total. The van der Waals surface area contributed by atoms with Gasteiger partial charge in [0.25, 0.3) is 0 Å². The maximum absolute atomic E-state index is 12.1. The molecule has 3 aliphatic heterocycles. The molecule has 3 fully saturated rings. The van der Waals surface area contributed by atoms with Crippen LogP contribution >= 0.6 is 0 Å². The van der Waals surface area contributed by atoms with Crippen LogP contribution in [-0.4, -0.2) is 148 Å². The number of hydrogen-bond acceptors (Lipinski definition) is 13. The highest BCUT2D eigenvalue weighted by atomic mass is 16.7. The number of carbonyl (C=O) groups is 1. The lowest BCUT2D eigenvalue weighted by atomic mass is 9.92. The van der Waals surface area contributed by atoms with Crippen LogP contribution in [0, 0.1) is 5.92 Å². The van der Waals surface area contributed by atoms with Gasteiger partial charge in [-0.15, -0.1) is 0 Å². The fourth-order valence-electron chi connectivity index (χ4n) is 7.17. The van der Waals surface area contributed by atoms with Gasteiger partial charge in [0.05, 0.1) is 25.4 Å². The summed E-state index contributed by atoms with van der Waals surface area (Å²) in [5, 5.41) is 58.9. The van der Waals surface area contributed by atoms with E-state index in [0.717, 1.165) is 37.1 Å². The molecule has 3 aliphatic rings. The first-order valence-electron chi connectivity index (χ1n) is 18.8. The van der Waals surface area contributed by atoms with Gasteiger partial charge < -0.3 is 59.4 Å². The molecule has 3 saturated heterocycles. The number of carbonyl (C=O) groups excluding carboxylic acids is 1. The summed E-state index contributed by atoms with van der Waals surface area (Å²) in [5.41, 5.74) is 0.935. The van der Waals surface area contributed by atoms with E-state index >= 15 is 0 Å². The number of likely N-dealkylation sites (tertiary alicyclic amines) is 1. The number of aliphatic hydroxyl groups is 5. The molecule has 0 bridgehead atoms. The molecule has 5 rings (SSSR count). The van der Waals surface area contributed by atoms with E-state index in [0.29, 0.717) is 19.6 Å². The Morgan fingerprint density at radius 2 is 1.36 bits per heavy atom. The smallest absolute Gasteiger partial charge is 0.407 e. The number of amides is 1. The zero-order valence-corrected chi connectivity index (χ0v) is 31.3. The first-order valence-corrected chi connectivity index (χ1v) is 18.8. The summed E-state index contributed by atoms with van der Waals surface area (Å²) in [5.74, 6) is -0.419. The quantitative estimate of drug-likeness (QED) is 0.165. The van der Waals surface area contributed by atoms with Crippen molar-refractivity contribution >= 4 is 6.09 Å². The Labute approximate surface area is 312 Å². The van der Waals surface area contributed by atoms with Gasteiger partial charge in [-0.3, -0.25) is 4.90 Å². The molecule has 0 spiro atoms. The van der Waals surface area contributed by atoms with Crippen LogP contribution in [0.15, 0.2) is 60.7 Å². The second kappa shape index (κ2) is 19.2. The van der Waals surface area contributed by atoms with E-state index in [9.17, 15) is 30.3 Å². The SMILES string of the molecule is C[C@@H](CN(C[C@H](O)[C@@H](O)[C@@H]1OC(c2ccccc2)OC[C@H]1O)C1CCN(CCNC(=O)OC(C)(C)C)CC1)[C@@H](O)[C@@H]1OC(c2ccccc2)OC[C@H]1O. The first kappa shape index (κ1) is 41.4. The summed E-state index contributed by atoms with van der Waals surface area (Å²) >= 11 is 0. The molecule has 0 radical (unpaired) electrons. The van der Waals surface area contributed by atoms with Gasteiger partial charge in [-0.1, -0.05) is 67.6 Å². The van der Waals surface area contributed by atoms with E-state index in [1.807, 2.05) is 88.4 Å². The van der Waals surface area contributed by atoms with E-state index in [4.69, 9.17) is 23.7 Å². The van der Waals surface area contributed by atoms with Gasteiger partial charge in [-0.05, 0) is 52.6 Å². The Morgan fingerprint density at radius 1 is 0.849 bits per heavy atom. The molecule has 53 heavy (non-hydrogen) atoms. The largest absolute Gasteiger partial charge is 0.444 e. The van der Waals surface area contributed by atoms with Crippen molar-refractivity contribution in [3.63, 3.8) is 0 Å². The molecule has 2 unspecified atom stereocenters. The van der Waals surface area contributed by atoms with Crippen molar-refractivity contribution in [3.8, 4) is 0 Å². The molecular formula is C39H59N3O11. The minimum Gasteiger partial charge on any atom is -0.444 e. The van der Waals surface area contributed by atoms with Gasteiger partial charge >= 0.3 is 6.09 Å². The average Bonchev–Trinajstić information content (AvgIpc) is 3.14. The van der Waals surface area contributed by atoms with Crippen LogP contribution in [0.3, 0.4) is 0 Å². The van der Waals surface area contributed by atoms with Crippen molar-refractivity contribution in [2.24, 2.45) is 5.92 Å². The molecule has 0 saturated carbocycles. The highest BCUT2D eigenvalue weighted by Crippen LogP contribution is 2.32. The Bertz CT molecular complexity index is 1300. The van der Waals surface area contributed by atoms with Gasteiger partial charge in [0.15, 0.2) is 12.6 Å². The van der Waals surface area contributed by atoms with Crippen molar-refractivity contribution < 1.29 is 54.0 Å². The Morgan fingerprint density at radius 3 is 1.87 bits per heavy atom. The number of benzene rings is 2. The first-order chi connectivity index (χ1) is 25.3. The van der Waals surface area contributed by atoms with E-state index in [-0.39, 0.29) is 25.8 Å². The van der Waals surface area contributed by atoms with E-state index in [1.165, 1.54) is 0 Å². The summed E-state index contributed by atoms with van der Waals surface area (Å²) in [4.78, 5) is 16.4. The van der Waals surface area contributed by atoms with Gasteiger partial charge in [0.2, 0.25) is 0 Å². The lowest BCUT2D eigenvalue weighted by Gasteiger charge is -2.44. The van der Waals surface area contributed by atoms with Crippen molar-refractivity contribution in [2.45, 2.75) is 107 Å². The Hall–Kier alpha value is -2.73. The van der Waals surface area contributed by atoms with Crippen LogP contribution in [0.4, 0.5) is 4.79 Å². The molecule has 10 atom stereocenters. The van der Waals surface area contributed by atoms with Crippen LogP contribution in [0.1, 0.15) is 64.2 Å². The molecule has 2 aromatic carbocycles. The molecule has 14 heteroatoms. The second-order valence-electron chi connectivity index (χ2n) is 15.5. The van der Waals surface area contributed by atoms with Crippen LogP contribution in [-0.2, 0) is 23.7 Å². The zero-order chi connectivity index (χ0) is 38.1. The van der Waals surface area contributed by atoms with Crippen LogP contribution < -0.4 is 5.32 Å². The number of ether oxygens (including phenoxy) is 5. The predicted octanol–water partition coefficient (Wildman–Crippen LogP) is 1.95. The van der Waals surface area contributed by atoms with Crippen molar-refractivity contribution in [3.05, 3.63) is 71.8 Å². The minimum atomic E-state index is -1.44. The molecule has 0 aromatic heterocycles. The number of alkyl carbamates (subject to hydrolysis) is 1. The molecule has 3 heterocycles. The lowest BCUT2D eigenvalue weighted by Crippen LogP contribution is -2.57. The fraction of sp³-hybridized carbons (Fsp3) is 0.667. The van der Waals surface area contributed by atoms with Crippen LogP contribution in [0.2, 0.25) is 0 Å². The van der Waals surface area contributed by atoms with Crippen LogP contribution in [0.5, 0.6) is 0 Å². The number of rotatable bonds is 14. The predicted molar refractivity (Wildman–Crippen MR) is 194 cm³/mol. The molecule has 6 N–H and O–H groups in total. The number of piperidine rings is 1. The fourth-order valence-corrected chi connectivity index (χ4v) is 7.17. The molecule has 1 amide bonds. The van der Waals surface area contributed by atoms with E-state index < -0.39 is 72.9 Å². The van der Waals surface area contributed by atoms with Gasteiger partial charge in [0, 0.05) is 43.3 Å². The lowest BCUT2D eigenvalue weighted by molar-refractivity contribution is -0.284. The summed E-state index contributed by atoms with van der Waals surface area (Å²) in [6.45, 7) is 10.2. The second-order valence-corrected chi connectivity index (χ2v) is 15.5. The van der Waals surface area contributed by atoms with E-state index in [1.54, 1.807) is 0 Å². The monoisotopic (exact) mass is 745 g/mol. The standard InChI is InChI=1S/C39H59N3O11/c1-25(32(46)34-30(44)23-49-36(51-34)26-11-7-5-8-12-26)21-42(28-15-18-41(19-16-28)20-17-40-38(48)53-39(2,3)4)22-29(43)33(47)35-31(45)24-50-37(52-35)27-13-9-6-10-14-27/h5-14,25,28-37,43-47H,15-24H2,1-4H3,(H,40,48)/t25-,29-,30+,31+,32+,33+,34+,35+,36?,37?/m0/s1. The Balaban J connectivity index is 1.24. The van der Waals surface area contributed by atoms with Gasteiger partial charge in [0.1, 0.15) is 36.1 Å². The molecular weight excluding hydrogens is 686 g/mol. The highest BCUT2D eigenvalue weighted by molar-refractivity contribution is 5.67. The van der Waals surface area contributed by atoms with Crippen molar-refractivity contribution in [1.29, 1.82) is 0 Å². The zero-order valence-electron chi connectivity index (χ0n) is 31.3.